The molecule has 0 amide bonds. The summed E-state index contributed by atoms with van der Waals surface area (Å²) in [6, 6.07) is 0. The summed E-state index contributed by atoms with van der Waals surface area (Å²) in [6.07, 6.45) is 1.09. The van der Waals surface area contributed by atoms with Crippen molar-refractivity contribution in [1.29, 1.82) is 0 Å². The first kappa shape index (κ1) is 4.81. The minimum absolute atomic E-state index is 0.0532. The number of aliphatic hydroxyl groups excluding tert-OH is 1. The number of hydrogen-bond donors (Lipinski definition) is 1. The Labute approximate surface area is 42.4 Å². The Morgan fingerprint density at radius 1 is 2.00 bits per heavy atom. The minimum Gasteiger partial charge on any atom is -0.386 e. The third-order valence-electron chi connectivity index (χ3n) is 0.982. The van der Waals surface area contributed by atoms with Gasteiger partial charge in [0.05, 0.1) is 6.61 Å². The van der Waals surface area contributed by atoms with Crippen LogP contribution < -0.4 is 0 Å². The second-order valence-electron chi connectivity index (χ2n) is 1.60. The predicted molar refractivity (Wildman–Crippen MR) is 25.9 cm³/mol. The van der Waals surface area contributed by atoms with E-state index >= 15 is 0 Å². The third kappa shape index (κ3) is 1.01. The second-order valence-corrected chi connectivity index (χ2v) is 1.60. The SMILES string of the molecule is C=C[C@@H](O)C1CO1. The van der Waals surface area contributed by atoms with Crippen LogP contribution in [-0.4, -0.2) is 23.9 Å². The van der Waals surface area contributed by atoms with E-state index in [9.17, 15) is 0 Å². The highest BCUT2D eigenvalue weighted by Gasteiger charge is 2.28. The Kier molecular flexibility index (Phi) is 1.13. The Hall–Kier alpha value is -0.340. The molecule has 0 saturated carbocycles. The molecule has 1 heterocycles. The lowest BCUT2D eigenvalue weighted by Gasteiger charge is -1.93. The maximum absolute atomic E-state index is 8.75. The Bertz CT molecular complexity index is 76.1. The highest BCUT2D eigenvalue weighted by molar-refractivity contribution is 4.90. The van der Waals surface area contributed by atoms with Crippen molar-refractivity contribution in [2.75, 3.05) is 6.61 Å². The fourth-order valence-corrected chi connectivity index (χ4v) is 0.405. The molecule has 0 radical (unpaired) electrons. The van der Waals surface area contributed by atoms with E-state index < -0.39 is 6.10 Å². The summed E-state index contributed by atoms with van der Waals surface area (Å²) in [7, 11) is 0. The monoisotopic (exact) mass is 100 g/mol. The fraction of sp³-hybridized carbons (Fsp3) is 0.600. The van der Waals surface area contributed by atoms with Gasteiger partial charge in [0.2, 0.25) is 0 Å². The Balaban J connectivity index is 2.22. The van der Waals surface area contributed by atoms with E-state index in [1.54, 1.807) is 0 Å². The summed E-state index contributed by atoms with van der Waals surface area (Å²) in [5.41, 5.74) is 0. The highest BCUT2D eigenvalue weighted by Crippen LogP contribution is 2.13. The minimum atomic E-state index is -0.444. The number of ether oxygens (including phenoxy) is 1. The first-order chi connectivity index (χ1) is 3.34. The van der Waals surface area contributed by atoms with Gasteiger partial charge < -0.3 is 9.84 Å². The average molecular weight is 100 g/mol. The number of epoxide rings is 1. The molecule has 2 atom stereocenters. The van der Waals surface area contributed by atoms with Crippen LogP contribution in [0.4, 0.5) is 0 Å². The lowest BCUT2D eigenvalue weighted by Crippen LogP contribution is -2.09. The van der Waals surface area contributed by atoms with E-state index in [4.69, 9.17) is 9.84 Å². The largest absolute Gasteiger partial charge is 0.386 e. The van der Waals surface area contributed by atoms with Crippen LogP contribution in [0.3, 0.4) is 0 Å². The van der Waals surface area contributed by atoms with E-state index in [1.165, 1.54) is 6.08 Å². The zero-order valence-electron chi connectivity index (χ0n) is 4.00. The smallest absolute Gasteiger partial charge is 0.110 e. The molecule has 2 nitrogen and oxygen atoms in total. The van der Waals surface area contributed by atoms with Gasteiger partial charge in [-0.3, -0.25) is 0 Å². The van der Waals surface area contributed by atoms with Gasteiger partial charge in [-0.25, -0.2) is 0 Å². The lowest BCUT2D eigenvalue weighted by atomic mass is 10.3. The van der Waals surface area contributed by atoms with Crippen molar-refractivity contribution in [3.63, 3.8) is 0 Å². The summed E-state index contributed by atoms with van der Waals surface area (Å²) < 4.78 is 4.74. The fourth-order valence-electron chi connectivity index (χ4n) is 0.405. The first-order valence-electron chi connectivity index (χ1n) is 2.27. The molecule has 1 saturated heterocycles. The molecule has 1 unspecified atom stereocenters. The highest BCUT2D eigenvalue weighted by atomic mass is 16.6. The molecule has 0 bridgehead atoms. The van der Waals surface area contributed by atoms with Crippen LogP contribution >= 0.6 is 0 Å². The number of aliphatic hydroxyl groups is 1. The molecule has 1 N–H and O–H groups in total. The van der Waals surface area contributed by atoms with Crippen molar-refractivity contribution in [3.8, 4) is 0 Å². The van der Waals surface area contributed by atoms with Crippen LogP contribution in [0.5, 0.6) is 0 Å². The maximum Gasteiger partial charge on any atom is 0.110 e. The summed E-state index contributed by atoms with van der Waals surface area (Å²) in [4.78, 5) is 0. The average Bonchev–Trinajstić information content (AvgIpc) is 2.44. The molecule has 1 aliphatic rings. The molecule has 0 spiro atoms. The van der Waals surface area contributed by atoms with Crippen molar-refractivity contribution < 1.29 is 9.84 Å². The summed E-state index contributed by atoms with van der Waals surface area (Å²) in [5.74, 6) is 0. The normalized spacial score (nSPS) is 31.9. The molecule has 40 valence electrons. The quantitative estimate of drug-likeness (QED) is 0.389. The van der Waals surface area contributed by atoms with Crippen LogP contribution in [0.15, 0.2) is 12.7 Å². The Morgan fingerprint density at radius 3 is 2.71 bits per heavy atom. The topological polar surface area (TPSA) is 32.8 Å². The van der Waals surface area contributed by atoms with E-state index in [0.717, 1.165) is 0 Å². The van der Waals surface area contributed by atoms with Crippen LogP contribution in [-0.2, 0) is 4.74 Å². The van der Waals surface area contributed by atoms with Gasteiger partial charge in [-0.2, -0.15) is 0 Å². The first-order valence-corrected chi connectivity index (χ1v) is 2.27. The van der Waals surface area contributed by atoms with Crippen LogP contribution in [0.25, 0.3) is 0 Å². The molecule has 0 aromatic heterocycles. The molecule has 1 fully saturated rings. The van der Waals surface area contributed by atoms with Crippen LogP contribution in [0, 0.1) is 0 Å². The van der Waals surface area contributed by atoms with Gasteiger partial charge >= 0.3 is 0 Å². The second kappa shape index (κ2) is 1.64. The van der Waals surface area contributed by atoms with Gasteiger partial charge in [-0.1, -0.05) is 6.08 Å². The zero-order valence-corrected chi connectivity index (χ0v) is 4.00. The zero-order chi connectivity index (χ0) is 5.28. The van der Waals surface area contributed by atoms with Crippen LogP contribution in [0.2, 0.25) is 0 Å². The molecule has 2 heteroatoms. The van der Waals surface area contributed by atoms with Crippen molar-refractivity contribution in [2.24, 2.45) is 0 Å². The molecular formula is C5H8O2. The van der Waals surface area contributed by atoms with E-state index in [2.05, 4.69) is 6.58 Å². The number of rotatable bonds is 2. The van der Waals surface area contributed by atoms with Gasteiger partial charge in [0.1, 0.15) is 12.2 Å². The van der Waals surface area contributed by atoms with E-state index in [-0.39, 0.29) is 6.10 Å². The van der Waals surface area contributed by atoms with Gasteiger partial charge in [-0.15, -0.1) is 6.58 Å². The molecular weight excluding hydrogens is 92.1 g/mol. The van der Waals surface area contributed by atoms with Crippen molar-refractivity contribution in [2.45, 2.75) is 12.2 Å². The molecule has 0 aromatic rings. The van der Waals surface area contributed by atoms with Crippen molar-refractivity contribution in [1.82, 2.24) is 0 Å². The Morgan fingerprint density at radius 2 is 2.57 bits per heavy atom. The summed E-state index contributed by atoms with van der Waals surface area (Å²) in [6.45, 7) is 4.08. The van der Waals surface area contributed by atoms with Gasteiger partial charge in [-0.05, 0) is 0 Å². The van der Waals surface area contributed by atoms with Gasteiger partial charge in [0.15, 0.2) is 0 Å². The molecule has 0 aromatic carbocycles. The van der Waals surface area contributed by atoms with Crippen molar-refractivity contribution in [3.05, 3.63) is 12.7 Å². The van der Waals surface area contributed by atoms with E-state index in [1.807, 2.05) is 0 Å². The maximum atomic E-state index is 8.75. The lowest BCUT2D eigenvalue weighted by molar-refractivity contribution is 0.178. The van der Waals surface area contributed by atoms with E-state index in [0.29, 0.717) is 6.61 Å². The standard InChI is InChI=1S/C5H8O2/c1-2-4(6)5-3-7-5/h2,4-6H,1,3H2/t4-,5?/m1/s1. The molecule has 1 rings (SSSR count). The summed E-state index contributed by atoms with van der Waals surface area (Å²) >= 11 is 0. The number of hydrogen-bond acceptors (Lipinski definition) is 2. The van der Waals surface area contributed by atoms with Crippen molar-refractivity contribution >= 4 is 0 Å². The molecule has 7 heavy (non-hydrogen) atoms. The molecule has 1 aliphatic heterocycles. The summed E-state index contributed by atoms with van der Waals surface area (Å²) in [5, 5.41) is 8.75. The van der Waals surface area contributed by atoms with Gasteiger partial charge in [0, 0.05) is 0 Å². The van der Waals surface area contributed by atoms with Crippen LogP contribution in [0.1, 0.15) is 0 Å². The molecule has 0 aliphatic carbocycles. The third-order valence-corrected chi connectivity index (χ3v) is 0.982. The predicted octanol–water partition coefficient (Wildman–Crippen LogP) is -0.0679. The van der Waals surface area contributed by atoms with Gasteiger partial charge in [0.25, 0.3) is 0 Å².